The fraction of sp³-hybridized carbons (Fsp3) is 0.786. The number of aromatic nitrogens is 1. The standard InChI is InChI=1S/C14H25N3S/c1-5-12-13(9-15-10(3)4)18-14(16-12)17(6-2)11-7-8-11/h10-11,15H,5-9H2,1-4H3. The number of nitrogens with one attached hydrogen (secondary N) is 1. The first kappa shape index (κ1) is 13.8. The number of thiazole rings is 1. The molecule has 1 aliphatic carbocycles. The highest BCUT2D eigenvalue weighted by atomic mass is 32.1. The second kappa shape index (κ2) is 6.02. The number of aryl methyl sites for hydroxylation is 1. The molecule has 18 heavy (non-hydrogen) atoms. The molecule has 0 unspecified atom stereocenters. The molecule has 0 aromatic carbocycles. The number of anilines is 1. The molecule has 102 valence electrons. The summed E-state index contributed by atoms with van der Waals surface area (Å²) in [5, 5.41) is 4.74. The normalized spacial score (nSPS) is 15.4. The third-order valence-corrected chi connectivity index (χ3v) is 4.48. The van der Waals surface area contributed by atoms with E-state index in [-0.39, 0.29) is 0 Å². The highest BCUT2D eigenvalue weighted by Crippen LogP contribution is 2.35. The van der Waals surface area contributed by atoms with Gasteiger partial charge in [0.2, 0.25) is 0 Å². The molecule has 1 aliphatic rings. The van der Waals surface area contributed by atoms with Gasteiger partial charge < -0.3 is 10.2 Å². The SMILES string of the molecule is CCc1nc(N(CC)C2CC2)sc1CNC(C)C. The zero-order chi connectivity index (χ0) is 13.1. The van der Waals surface area contributed by atoms with Gasteiger partial charge in [0, 0.05) is 30.1 Å². The van der Waals surface area contributed by atoms with Crippen LogP contribution in [0.2, 0.25) is 0 Å². The molecule has 4 heteroatoms. The van der Waals surface area contributed by atoms with Crippen molar-refractivity contribution in [1.29, 1.82) is 0 Å². The number of hydrogen-bond acceptors (Lipinski definition) is 4. The van der Waals surface area contributed by atoms with Crippen LogP contribution in [0.25, 0.3) is 0 Å². The minimum atomic E-state index is 0.533. The van der Waals surface area contributed by atoms with Crippen LogP contribution in [0.1, 0.15) is 51.1 Å². The van der Waals surface area contributed by atoms with E-state index in [1.54, 1.807) is 0 Å². The van der Waals surface area contributed by atoms with Crippen molar-refractivity contribution >= 4 is 16.5 Å². The minimum Gasteiger partial charge on any atom is -0.345 e. The molecule has 1 fully saturated rings. The van der Waals surface area contributed by atoms with Crippen LogP contribution in [-0.4, -0.2) is 23.6 Å². The maximum atomic E-state index is 4.84. The maximum absolute atomic E-state index is 4.84. The molecule has 2 rings (SSSR count). The molecule has 3 nitrogen and oxygen atoms in total. The topological polar surface area (TPSA) is 28.2 Å². The lowest BCUT2D eigenvalue weighted by Gasteiger charge is -2.18. The molecule has 0 aliphatic heterocycles. The summed E-state index contributed by atoms with van der Waals surface area (Å²) in [6.45, 7) is 10.9. The molecule has 1 aromatic rings. The van der Waals surface area contributed by atoms with Crippen LogP contribution in [0.3, 0.4) is 0 Å². The molecule has 0 amide bonds. The Kier molecular flexibility index (Phi) is 4.62. The first-order chi connectivity index (χ1) is 8.65. The molecular formula is C14H25N3S. The zero-order valence-corrected chi connectivity index (χ0v) is 12.8. The van der Waals surface area contributed by atoms with E-state index in [9.17, 15) is 0 Å². The van der Waals surface area contributed by atoms with E-state index in [0.29, 0.717) is 6.04 Å². The van der Waals surface area contributed by atoms with Gasteiger partial charge >= 0.3 is 0 Å². The number of hydrogen-bond donors (Lipinski definition) is 1. The summed E-state index contributed by atoms with van der Waals surface area (Å²) < 4.78 is 0. The van der Waals surface area contributed by atoms with Crippen molar-refractivity contribution in [2.75, 3.05) is 11.4 Å². The molecule has 0 radical (unpaired) electrons. The summed E-state index contributed by atoms with van der Waals surface area (Å²) in [6, 6.07) is 1.29. The van der Waals surface area contributed by atoms with Crippen molar-refractivity contribution in [1.82, 2.24) is 10.3 Å². The average Bonchev–Trinajstić information content (AvgIpc) is 3.08. The third kappa shape index (κ3) is 3.23. The Labute approximate surface area is 115 Å². The largest absolute Gasteiger partial charge is 0.345 e. The van der Waals surface area contributed by atoms with Crippen LogP contribution in [-0.2, 0) is 13.0 Å². The van der Waals surface area contributed by atoms with Crippen LogP contribution in [0.15, 0.2) is 0 Å². The van der Waals surface area contributed by atoms with Gasteiger partial charge in [-0.05, 0) is 26.2 Å². The fourth-order valence-electron chi connectivity index (χ4n) is 2.14. The van der Waals surface area contributed by atoms with Gasteiger partial charge in [0.1, 0.15) is 0 Å². The summed E-state index contributed by atoms with van der Waals surface area (Å²) in [6.07, 6.45) is 3.72. The third-order valence-electron chi connectivity index (χ3n) is 3.35. The van der Waals surface area contributed by atoms with Crippen molar-refractivity contribution in [3.63, 3.8) is 0 Å². The van der Waals surface area contributed by atoms with Gasteiger partial charge in [-0.2, -0.15) is 0 Å². The van der Waals surface area contributed by atoms with Crippen molar-refractivity contribution in [3.05, 3.63) is 10.6 Å². The fourth-order valence-corrected chi connectivity index (χ4v) is 3.37. The second-order valence-electron chi connectivity index (χ2n) is 5.27. The smallest absolute Gasteiger partial charge is 0.186 e. The highest BCUT2D eigenvalue weighted by Gasteiger charge is 2.30. The highest BCUT2D eigenvalue weighted by molar-refractivity contribution is 7.15. The van der Waals surface area contributed by atoms with Crippen LogP contribution >= 0.6 is 11.3 Å². The van der Waals surface area contributed by atoms with E-state index in [1.807, 2.05) is 11.3 Å². The molecular weight excluding hydrogens is 242 g/mol. The lowest BCUT2D eigenvalue weighted by Crippen LogP contribution is -2.24. The molecule has 0 bridgehead atoms. The molecule has 0 atom stereocenters. The van der Waals surface area contributed by atoms with E-state index in [0.717, 1.165) is 25.6 Å². The van der Waals surface area contributed by atoms with Gasteiger partial charge in [-0.3, -0.25) is 0 Å². The lowest BCUT2D eigenvalue weighted by atomic mass is 10.3. The number of rotatable bonds is 7. The van der Waals surface area contributed by atoms with Crippen molar-refractivity contribution < 1.29 is 0 Å². The molecule has 0 spiro atoms. The zero-order valence-electron chi connectivity index (χ0n) is 12.0. The van der Waals surface area contributed by atoms with Crippen LogP contribution in [0, 0.1) is 0 Å². The Hall–Kier alpha value is -0.610. The Morgan fingerprint density at radius 2 is 2.11 bits per heavy atom. The van der Waals surface area contributed by atoms with Gasteiger partial charge in [0.05, 0.1) is 5.69 Å². The minimum absolute atomic E-state index is 0.533. The predicted molar refractivity (Wildman–Crippen MR) is 79.5 cm³/mol. The van der Waals surface area contributed by atoms with Crippen LogP contribution < -0.4 is 10.2 Å². The summed E-state index contributed by atoms with van der Waals surface area (Å²) >= 11 is 1.88. The van der Waals surface area contributed by atoms with Gasteiger partial charge in [0.25, 0.3) is 0 Å². The molecule has 1 aromatic heterocycles. The lowest BCUT2D eigenvalue weighted by molar-refractivity contribution is 0.590. The molecule has 0 saturated heterocycles. The first-order valence-electron chi connectivity index (χ1n) is 7.14. The van der Waals surface area contributed by atoms with Gasteiger partial charge in [-0.25, -0.2) is 4.98 Å². The Morgan fingerprint density at radius 3 is 2.61 bits per heavy atom. The van der Waals surface area contributed by atoms with E-state index in [4.69, 9.17) is 4.98 Å². The van der Waals surface area contributed by atoms with E-state index >= 15 is 0 Å². The van der Waals surface area contributed by atoms with Crippen LogP contribution in [0.5, 0.6) is 0 Å². The Morgan fingerprint density at radius 1 is 1.39 bits per heavy atom. The average molecular weight is 267 g/mol. The first-order valence-corrected chi connectivity index (χ1v) is 7.95. The van der Waals surface area contributed by atoms with Crippen LogP contribution in [0.4, 0.5) is 5.13 Å². The summed E-state index contributed by atoms with van der Waals surface area (Å²) in [7, 11) is 0. The van der Waals surface area contributed by atoms with Crippen molar-refractivity contribution in [2.45, 2.75) is 65.6 Å². The number of nitrogens with zero attached hydrogens (tertiary/aromatic N) is 2. The van der Waals surface area contributed by atoms with E-state index in [1.165, 1.54) is 28.5 Å². The summed E-state index contributed by atoms with van der Waals surface area (Å²) in [4.78, 5) is 8.74. The van der Waals surface area contributed by atoms with Crippen molar-refractivity contribution in [3.8, 4) is 0 Å². The molecule has 1 saturated carbocycles. The molecule has 1 heterocycles. The van der Waals surface area contributed by atoms with Crippen molar-refractivity contribution in [2.24, 2.45) is 0 Å². The Bertz CT molecular complexity index is 382. The Balaban J connectivity index is 2.11. The molecule has 1 N–H and O–H groups in total. The van der Waals surface area contributed by atoms with Gasteiger partial charge in [0.15, 0.2) is 5.13 Å². The quantitative estimate of drug-likeness (QED) is 0.822. The maximum Gasteiger partial charge on any atom is 0.186 e. The monoisotopic (exact) mass is 267 g/mol. The van der Waals surface area contributed by atoms with E-state index in [2.05, 4.69) is 37.9 Å². The van der Waals surface area contributed by atoms with Gasteiger partial charge in [-0.15, -0.1) is 11.3 Å². The summed E-state index contributed by atoms with van der Waals surface area (Å²) in [5.41, 5.74) is 1.28. The van der Waals surface area contributed by atoms with E-state index < -0.39 is 0 Å². The van der Waals surface area contributed by atoms with Gasteiger partial charge in [-0.1, -0.05) is 20.8 Å². The predicted octanol–water partition coefficient (Wildman–Crippen LogP) is 3.19. The summed E-state index contributed by atoms with van der Waals surface area (Å²) in [5.74, 6) is 0. The second-order valence-corrected chi connectivity index (χ2v) is 6.33.